The smallest absolute Gasteiger partial charge is 0.337 e. The van der Waals surface area contributed by atoms with Gasteiger partial charge in [0.2, 0.25) is 0 Å². The SMILES string of the molecule is Nc1cc(S(=O)(=O)O)cc(N=NC(N=Nc2cc(S(=O)(=O)O)ccc2C(=O)O)=C2C=CC=CC2)c1O. The summed E-state index contributed by atoms with van der Waals surface area (Å²) in [7, 11) is -9.37. The first-order valence-corrected chi connectivity index (χ1v) is 12.5. The summed E-state index contributed by atoms with van der Waals surface area (Å²) in [5, 5.41) is 34.7. The molecule has 0 saturated heterocycles. The molecule has 0 unspecified atom stereocenters. The predicted molar refractivity (Wildman–Crippen MR) is 125 cm³/mol. The second-order valence-corrected chi connectivity index (χ2v) is 9.90. The number of phenolic OH excluding ortho intramolecular Hbond substituents is 1. The number of carboxylic acids is 1. The van der Waals surface area contributed by atoms with Crippen LogP contribution in [0.5, 0.6) is 5.75 Å². The Balaban J connectivity index is 2.13. The van der Waals surface area contributed by atoms with Crippen molar-refractivity contribution in [3.63, 3.8) is 0 Å². The number of hydrogen-bond acceptors (Lipinski definition) is 11. The minimum absolute atomic E-state index is 0.223. The minimum atomic E-state index is -4.69. The van der Waals surface area contributed by atoms with Gasteiger partial charge in [0.05, 0.1) is 21.0 Å². The van der Waals surface area contributed by atoms with Crippen LogP contribution < -0.4 is 5.73 Å². The number of benzene rings is 2. The summed E-state index contributed by atoms with van der Waals surface area (Å²) < 4.78 is 64.3. The number of nitrogens with two attached hydrogens (primary N) is 1. The number of carboxylic acid groups (broad SMARTS) is 1. The van der Waals surface area contributed by atoms with Crippen LogP contribution in [-0.4, -0.2) is 42.1 Å². The molecule has 0 spiro atoms. The molecule has 0 bridgehead atoms. The van der Waals surface area contributed by atoms with Gasteiger partial charge in [-0.05, 0) is 36.8 Å². The molecule has 0 saturated carbocycles. The minimum Gasteiger partial charge on any atom is -0.504 e. The molecule has 0 aliphatic heterocycles. The van der Waals surface area contributed by atoms with Gasteiger partial charge in [-0.25, -0.2) is 4.79 Å². The van der Waals surface area contributed by atoms with Crippen molar-refractivity contribution in [2.45, 2.75) is 16.2 Å². The molecular formula is C20H17N5O9S2. The number of nitrogen functional groups attached to an aromatic ring is 1. The summed E-state index contributed by atoms with van der Waals surface area (Å²) in [5.74, 6) is -2.32. The number of aromatic hydroxyl groups is 1. The van der Waals surface area contributed by atoms with E-state index in [1.165, 1.54) is 0 Å². The third kappa shape index (κ3) is 6.25. The van der Waals surface area contributed by atoms with E-state index >= 15 is 0 Å². The summed E-state index contributed by atoms with van der Waals surface area (Å²) in [4.78, 5) is 10.2. The van der Waals surface area contributed by atoms with E-state index in [0.717, 1.165) is 30.3 Å². The Labute approximate surface area is 204 Å². The van der Waals surface area contributed by atoms with Crippen molar-refractivity contribution < 1.29 is 40.9 Å². The molecule has 1 aliphatic carbocycles. The van der Waals surface area contributed by atoms with E-state index in [9.17, 15) is 40.9 Å². The van der Waals surface area contributed by atoms with Gasteiger partial charge in [-0.1, -0.05) is 24.3 Å². The van der Waals surface area contributed by atoms with Crippen molar-refractivity contribution in [3.8, 4) is 5.75 Å². The number of hydrogen-bond donors (Lipinski definition) is 5. The van der Waals surface area contributed by atoms with E-state index in [2.05, 4.69) is 20.5 Å². The molecule has 36 heavy (non-hydrogen) atoms. The molecule has 0 aromatic heterocycles. The van der Waals surface area contributed by atoms with Gasteiger partial charge in [-0.3, -0.25) is 9.11 Å². The molecule has 1 aliphatic rings. The van der Waals surface area contributed by atoms with Crippen LogP contribution in [0, 0.1) is 0 Å². The van der Waals surface area contributed by atoms with E-state index < -0.39 is 64.4 Å². The molecule has 0 atom stereocenters. The average Bonchev–Trinajstić information content (AvgIpc) is 2.80. The Morgan fingerprint density at radius 2 is 1.50 bits per heavy atom. The van der Waals surface area contributed by atoms with E-state index in [1.54, 1.807) is 24.3 Å². The summed E-state index contributed by atoms with van der Waals surface area (Å²) >= 11 is 0. The van der Waals surface area contributed by atoms with Crippen LogP contribution >= 0.6 is 0 Å². The molecular weight excluding hydrogens is 518 g/mol. The van der Waals surface area contributed by atoms with Gasteiger partial charge in [0.15, 0.2) is 11.6 Å². The van der Waals surface area contributed by atoms with E-state index in [-0.39, 0.29) is 12.2 Å². The van der Waals surface area contributed by atoms with Gasteiger partial charge in [0, 0.05) is 5.57 Å². The molecule has 0 fully saturated rings. The fourth-order valence-corrected chi connectivity index (χ4v) is 3.84. The molecule has 6 N–H and O–H groups in total. The van der Waals surface area contributed by atoms with Crippen molar-refractivity contribution in [2.24, 2.45) is 20.5 Å². The lowest BCUT2D eigenvalue weighted by atomic mass is 10.1. The van der Waals surface area contributed by atoms with Gasteiger partial charge < -0.3 is 15.9 Å². The number of aromatic carboxylic acids is 1. The monoisotopic (exact) mass is 535 g/mol. The summed E-state index contributed by atoms with van der Waals surface area (Å²) in [6.45, 7) is 0. The third-order valence-corrected chi connectivity index (χ3v) is 6.24. The standard InChI is InChI=1S/C20H17N5O9S2/c21-15-8-13(36(32,33)34)10-17(18(15)26)23-25-19(11-4-2-1-3-5-11)24-22-16-9-12(35(29,30)31)6-7-14(16)20(27)28/h1-4,6-10,26H,5,21H2,(H,27,28)(H,29,30,31)(H,32,33,34). The molecule has 3 rings (SSSR count). The molecule has 2 aromatic carbocycles. The average molecular weight is 536 g/mol. The largest absolute Gasteiger partial charge is 0.504 e. The predicted octanol–water partition coefficient (Wildman–Crippen LogP) is 3.76. The lowest BCUT2D eigenvalue weighted by Crippen LogP contribution is -2.01. The van der Waals surface area contributed by atoms with Crippen LogP contribution in [0.2, 0.25) is 0 Å². The van der Waals surface area contributed by atoms with Crippen LogP contribution in [0.4, 0.5) is 17.1 Å². The number of azo groups is 2. The molecule has 0 amide bonds. The van der Waals surface area contributed by atoms with Crippen LogP contribution in [0.3, 0.4) is 0 Å². The highest BCUT2D eigenvalue weighted by atomic mass is 32.2. The Kier molecular flexibility index (Phi) is 7.44. The van der Waals surface area contributed by atoms with Gasteiger partial charge >= 0.3 is 5.97 Å². The van der Waals surface area contributed by atoms with Gasteiger partial charge in [-0.2, -0.15) is 16.8 Å². The van der Waals surface area contributed by atoms with E-state index in [1.807, 2.05) is 0 Å². The maximum Gasteiger partial charge on any atom is 0.337 e. The van der Waals surface area contributed by atoms with Crippen molar-refractivity contribution >= 4 is 43.3 Å². The molecule has 0 radical (unpaired) electrons. The Morgan fingerprint density at radius 3 is 2.06 bits per heavy atom. The number of rotatable bonds is 7. The van der Waals surface area contributed by atoms with Gasteiger partial charge in [0.1, 0.15) is 11.4 Å². The topological polar surface area (TPSA) is 242 Å². The van der Waals surface area contributed by atoms with Crippen molar-refractivity contribution in [3.05, 3.63) is 71.6 Å². The second kappa shape index (κ2) is 10.2. The highest BCUT2D eigenvalue weighted by molar-refractivity contribution is 7.86. The Bertz CT molecular complexity index is 1610. The summed E-state index contributed by atoms with van der Waals surface area (Å²) in [6.07, 6.45) is 6.91. The first-order chi connectivity index (χ1) is 16.8. The lowest BCUT2D eigenvalue weighted by molar-refractivity contribution is 0.0697. The molecule has 0 heterocycles. The van der Waals surface area contributed by atoms with Crippen molar-refractivity contribution in [1.82, 2.24) is 0 Å². The zero-order valence-electron chi connectivity index (χ0n) is 17.9. The maximum absolute atomic E-state index is 11.5. The summed E-state index contributed by atoms with van der Waals surface area (Å²) in [5.41, 5.74) is 4.26. The number of carbonyl (C=O) groups is 1. The lowest BCUT2D eigenvalue weighted by Gasteiger charge is -2.07. The third-order valence-electron chi connectivity index (χ3n) is 4.56. The first kappa shape index (κ1) is 26.4. The number of nitrogens with zero attached hydrogens (tertiary/aromatic N) is 4. The molecule has 188 valence electrons. The Morgan fingerprint density at radius 1 is 0.889 bits per heavy atom. The van der Waals surface area contributed by atoms with Gasteiger partial charge in [0.25, 0.3) is 20.2 Å². The Hall–Kier alpha value is -4.25. The van der Waals surface area contributed by atoms with Crippen molar-refractivity contribution in [1.29, 1.82) is 0 Å². The molecule has 16 heteroatoms. The zero-order chi connectivity index (χ0) is 26.7. The second-order valence-electron chi connectivity index (χ2n) is 7.05. The quantitative estimate of drug-likeness (QED) is 0.149. The van der Waals surface area contributed by atoms with E-state index in [4.69, 9.17) is 5.73 Å². The molecule has 14 nitrogen and oxygen atoms in total. The van der Waals surface area contributed by atoms with Gasteiger partial charge in [-0.15, -0.1) is 20.5 Å². The normalized spacial score (nSPS) is 15.6. The van der Waals surface area contributed by atoms with Crippen molar-refractivity contribution in [2.75, 3.05) is 5.73 Å². The zero-order valence-corrected chi connectivity index (χ0v) is 19.5. The number of allylic oxidation sites excluding steroid dienone is 5. The van der Waals surface area contributed by atoms with E-state index in [0.29, 0.717) is 5.57 Å². The fraction of sp³-hybridized carbons (Fsp3) is 0.0500. The summed E-state index contributed by atoms with van der Waals surface area (Å²) in [6, 6.07) is 4.20. The fourth-order valence-electron chi connectivity index (χ4n) is 2.80. The first-order valence-electron chi connectivity index (χ1n) is 9.62. The molecule has 2 aromatic rings. The van der Waals surface area contributed by atoms with Crippen LogP contribution in [0.25, 0.3) is 0 Å². The highest BCUT2D eigenvalue weighted by Gasteiger charge is 2.18. The number of anilines is 1. The number of phenols is 1. The van der Waals surface area contributed by atoms with Crippen LogP contribution in [0.15, 0.2) is 96.3 Å². The van der Waals surface area contributed by atoms with Crippen LogP contribution in [-0.2, 0) is 20.2 Å². The maximum atomic E-state index is 11.5. The van der Waals surface area contributed by atoms with Crippen LogP contribution in [0.1, 0.15) is 16.8 Å². The highest BCUT2D eigenvalue weighted by Crippen LogP contribution is 2.36.